The van der Waals surface area contributed by atoms with Crippen LogP contribution in [0.1, 0.15) is 12.5 Å². The van der Waals surface area contributed by atoms with Gasteiger partial charge in [0, 0.05) is 7.05 Å². The van der Waals surface area contributed by atoms with Crippen molar-refractivity contribution in [2.75, 3.05) is 7.05 Å². The maximum atomic E-state index is 13.2. The van der Waals surface area contributed by atoms with Crippen LogP contribution in [0.4, 0.5) is 4.39 Å². The van der Waals surface area contributed by atoms with Crippen LogP contribution in [0.25, 0.3) is 0 Å². The second-order valence-corrected chi connectivity index (χ2v) is 6.47. The number of rotatable bonds is 5. The van der Waals surface area contributed by atoms with Crippen LogP contribution in [0.3, 0.4) is 0 Å². The number of carboxylic acid groups (broad SMARTS) is 1. The molecule has 0 aliphatic rings. The van der Waals surface area contributed by atoms with Gasteiger partial charge in [-0.25, -0.2) is 12.8 Å². The molecular weight excluding hydrogens is 297 g/mol. The molecule has 0 aromatic heterocycles. The molecule has 1 N–H and O–H groups in total. The molecule has 1 unspecified atom stereocenters. The highest BCUT2D eigenvalue weighted by Gasteiger charge is 2.28. The summed E-state index contributed by atoms with van der Waals surface area (Å²) in [6, 6.07) is 2.45. The molecule has 0 aliphatic carbocycles. The number of sulfonamides is 1. The Morgan fingerprint density at radius 3 is 2.58 bits per heavy atom. The summed E-state index contributed by atoms with van der Waals surface area (Å²) >= 11 is 5.49. The summed E-state index contributed by atoms with van der Waals surface area (Å²) in [5.41, 5.74) is 0.200. The summed E-state index contributed by atoms with van der Waals surface area (Å²) in [6.07, 6.45) is 0. The lowest BCUT2D eigenvalue weighted by atomic mass is 10.2. The number of likely N-dealkylation sites (N-methyl/N-ethyl adjacent to an activating group) is 1. The van der Waals surface area contributed by atoms with Crippen LogP contribution in [-0.4, -0.2) is 36.9 Å². The van der Waals surface area contributed by atoms with E-state index in [-0.39, 0.29) is 10.6 Å². The Kier molecular flexibility index (Phi) is 4.89. The molecule has 0 aliphatic heterocycles. The second kappa shape index (κ2) is 5.85. The van der Waals surface area contributed by atoms with E-state index >= 15 is 0 Å². The molecule has 0 saturated carbocycles. The van der Waals surface area contributed by atoms with E-state index in [2.05, 4.69) is 0 Å². The Morgan fingerprint density at radius 2 is 2.11 bits per heavy atom. The highest BCUT2D eigenvalue weighted by atomic mass is 35.5. The van der Waals surface area contributed by atoms with Gasteiger partial charge in [-0.15, -0.1) is 0 Å². The Hall–Kier alpha value is -1.18. The minimum absolute atomic E-state index is 0.103. The summed E-state index contributed by atoms with van der Waals surface area (Å²) in [7, 11) is -2.68. The highest BCUT2D eigenvalue weighted by molar-refractivity contribution is 7.88. The third kappa shape index (κ3) is 3.89. The van der Waals surface area contributed by atoms with E-state index < -0.39 is 33.6 Å². The van der Waals surface area contributed by atoms with Crippen LogP contribution in [0.2, 0.25) is 5.02 Å². The minimum Gasteiger partial charge on any atom is -0.480 e. The molecule has 19 heavy (non-hydrogen) atoms. The SMILES string of the molecule is CC(C(=O)O)N(C)S(=O)(=O)Cc1ccc(Cl)c(F)c1. The first-order valence-electron chi connectivity index (χ1n) is 5.27. The number of nitrogens with zero attached hydrogens (tertiary/aromatic N) is 1. The lowest BCUT2D eigenvalue weighted by molar-refractivity contribution is -0.140. The van der Waals surface area contributed by atoms with Crippen LogP contribution in [0.15, 0.2) is 18.2 Å². The average molecular weight is 310 g/mol. The summed E-state index contributed by atoms with van der Waals surface area (Å²) in [5.74, 6) is -2.47. The largest absolute Gasteiger partial charge is 0.480 e. The summed E-state index contributed by atoms with van der Waals surface area (Å²) < 4.78 is 37.8. The minimum atomic E-state index is -3.84. The number of aliphatic carboxylic acids is 1. The molecular formula is C11H13ClFNO4S. The lowest BCUT2D eigenvalue weighted by Crippen LogP contribution is -2.40. The summed E-state index contributed by atoms with van der Waals surface area (Å²) in [5, 5.41) is 8.68. The molecule has 8 heteroatoms. The van der Waals surface area contributed by atoms with E-state index in [1.165, 1.54) is 26.1 Å². The van der Waals surface area contributed by atoms with Crippen molar-refractivity contribution in [1.82, 2.24) is 4.31 Å². The maximum Gasteiger partial charge on any atom is 0.321 e. The van der Waals surface area contributed by atoms with Crippen molar-refractivity contribution in [3.05, 3.63) is 34.6 Å². The zero-order valence-electron chi connectivity index (χ0n) is 10.3. The highest BCUT2D eigenvalue weighted by Crippen LogP contribution is 2.18. The topological polar surface area (TPSA) is 74.7 Å². The first-order valence-corrected chi connectivity index (χ1v) is 7.26. The van der Waals surface area contributed by atoms with Crippen molar-refractivity contribution < 1.29 is 22.7 Å². The van der Waals surface area contributed by atoms with Gasteiger partial charge >= 0.3 is 5.97 Å². The number of carboxylic acids is 1. The Bertz CT molecular complexity index is 590. The van der Waals surface area contributed by atoms with Gasteiger partial charge in [-0.2, -0.15) is 4.31 Å². The van der Waals surface area contributed by atoms with Gasteiger partial charge in [-0.1, -0.05) is 17.7 Å². The standard InChI is InChI=1S/C11H13ClFNO4S/c1-7(11(15)16)14(2)19(17,18)6-8-3-4-9(12)10(13)5-8/h3-5,7H,6H2,1-2H3,(H,15,16). The predicted octanol–water partition coefficient (Wildman–Crippen LogP) is 1.71. The Labute approximate surface area is 115 Å². The number of halogens is 2. The molecule has 0 fully saturated rings. The van der Waals surface area contributed by atoms with Crippen molar-refractivity contribution in [3.63, 3.8) is 0 Å². The first kappa shape index (κ1) is 15.9. The maximum absolute atomic E-state index is 13.2. The van der Waals surface area contributed by atoms with Crippen LogP contribution < -0.4 is 0 Å². The fraction of sp³-hybridized carbons (Fsp3) is 0.364. The fourth-order valence-electron chi connectivity index (χ4n) is 1.34. The van der Waals surface area contributed by atoms with Gasteiger partial charge < -0.3 is 5.11 Å². The van der Waals surface area contributed by atoms with Gasteiger partial charge in [0.15, 0.2) is 0 Å². The van der Waals surface area contributed by atoms with Crippen molar-refractivity contribution in [3.8, 4) is 0 Å². The molecule has 0 amide bonds. The van der Waals surface area contributed by atoms with Gasteiger partial charge in [0.2, 0.25) is 10.0 Å². The third-order valence-corrected chi connectivity index (χ3v) is 4.87. The van der Waals surface area contributed by atoms with Crippen LogP contribution in [0.5, 0.6) is 0 Å². The van der Waals surface area contributed by atoms with E-state index in [4.69, 9.17) is 16.7 Å². The van der Waals surface area contributed by atoms with Crippen LogP contribution in [0, 0.1) is 5.82 Å². The van der Waals surface area contributed by atoms with Crippen LogP contribution >= 0.6 is 11.6 Å². The first-order chi connectivity index (χ1) is 8.65. The van der Waals surface area contributed by atoms with E-state index in [9.17, 15) is 17.6 Å². The van der Waals surface area contributed by atoms with Gasteiger partial charge in [0.25, 0.3) is 0 Å². The van der Waals surface area contributed by atoms with Crippen molar-refractivity contribution in [1.29, 1.82) is 0 Å². The predicted molar refractivity (Wildman–Crippen MR) is 68.9 cm³/mol. The molecule has 106 valence electrons. The van der Waals surface area contributed by atoms with Gasteiger partial charge in [-0.3, -0.25) is 4.79 Å². The third-order valence-electron chi connectivity index (χ3n) is 2.67. The number of carbonyl (C=O) groups is 1. The van der Waals surface area contributed by atoms with E-state index in [1.54, 1.807) is 0 Å². The molecule has 1 atom stereocenters. The quantitative estimate of drug-likeness (QED) is 0.898. The Morgan fingerprint density at radius 1 is 1.53 bits per heavy atom. The van der Waals surface area contributed by atoms with Crippen LogP contribution in [-0.2, 0) is 20.6 Å². The molecule has 0 saturated heterocycles. The second-order valence-electron chi connectivity index (χ2n) is 4.04. The number of hydrogen-bond acceptors (Lipinski definition) is 3. The molecule has 0 heterocycles. The normalized spacial score (nSPS) is 13.5. The Balaban J connectivity index is 2.96. The summed E-state index contributed by atoms with van der Waals surface area (Å²) in [6.45, 7) is 1.25. The number of benzene rings is 1. The van der Waals surface area contributed by atoms with Crippen molar-refractivity contribution >= 4 is 27.6 Å². The van der Waals surface area contributed by atoms with Crippen molar-refractivity contribution in [2.45, 2.75) is 18.7 Å². The van der Waals surface area contributed by atoms with Gasteiger partial charge in [0.1, 0.15) is 11.9 Å². The molecule has 1 aromatic carbocycles. The molecule has 1 rings (SSSR count). The van der Waals surface area contributed by atoms with Gasteiger partial charge in [0.05, 0.1) is 10.8 Å². The average Bonchev–Trinajstić information content (AvgIpc) is 2.31. The molecule has 1 aromatic rings. The monoisotopic (exact) mass is 309 g/mol. The molecule has 0 radical (unpaired) electrons. The van der Waals surface area contributed by atoms with E-state index in [0.29, 0.717) is 0 Å². The number of hydrogen-bond donors (Lipinski definition) is 1. The van der Waals surface area contributed by atoms with Crippen molar-refractivity contribution in [2.24, 2.45) is 0 Å². The lowest BCUT2D eigenvalue weighted by Gasteiger charge is -2.21. The van der Waals surface area contributed by atoms with E-state index in [0.717, 1.165) is 10.4 Å². The summed E-state index contributed by atoms with van der Waals surface area (Å²) in [4.78, 5) is 10.8. The molecule has 0 bridgehead atoms. The molecule has 5 nitrogen and oxygen atoms in total. The zero-order valence-corrected chi connectivity index (χ0v) is 11.9. The van der Waals surface area contributed by atoms with Gasteiger partial charge in [-0.05, 0) is 24.6 Å². The smallest absolute Gasteiger partial charge is 0.321 e. The molecule has 0 spiro atoms. The zero-order chi connectivity index (χ0) is 14.8. The van der Waals surface area contributed by atoms with E-state index in [1.807, 2.05) is 0 Å². The fourth-order valence-corrected chi connectivity index (χ4v) is 2.83.